The molecule has 3 rings (SSSR count). The van der Waals surface area contributed by atoms with Gasteiger partial charge in [-0.1, -0.05) is 36.3 Å². The van der Waals surface area contributed by atoms with E-state index in [0.717, 1.165) is 17.3 Å². The number of amides is 2. The van der Waals surface area contributed by atoms with Crippen LogP contribution in [0.4, 0.5) is 10.5 Å². The molecule has 0 N–H and O–H groups in total. The number of rotatable bonds is 4. The maximum atomic E-state index is 12.5. The summed E-state index contributed by atoms with van der Waals surface area (Å²) in [4.78, 5) is 26.2. The number of terminal acetylenes is 1. The minimum absolute atomic E-state index is 0.204. The number of ether oxygens (including phenoxy) is 1. The third-order valence-electron chi connectivity index (χ3n) is 3.31. The Labute approximate surface area is 144 Å². The number of hydrogen-bond donors (Lipinski definition) is 0. The molecule has 1 fully saturated rings. The van der Waals surface area contributed by atoms with E-state index < -0.39 is 0 Å². The van der Waals surface area contributed by atoms with Crippen molar-refractivity contribution in [2.75, 3.05) is 11.5 Å². The van der Waals surface area contributed by atoms with Crippen LogP contribution in [0.25, 0.3) is 6.08 Å². The Bertz CT molecular complexity index is 835. The van der Waals surface area contributed by atoms with E-state index in [9.17, 15) is 9.59 Å². The van der Waals surface area contributed by atoms with Crippen LogP contribution >= 0.6 is 11.8 Å². The van der Waals surface area contributed by atoms with Crippen molar-refractivity contribution in [1.29, 1.82) is 0 Å². The van der Waals surface area contributed by atoms with Crippen molar-refractivity contribution in [2.24, 2.45) is 0 Å². The number of benzene rings is 2. The van der Waals surface area contributed by atoms with Crippen LogP contribution in [0.2, 0.25) is 0 Å². The summed E-state index contributed by atoms with van der Waals surface area (Å²) >= 11 is 0.930. The highest BCUT2D eigenvalue weighted by molar-refractivity contribution is 8.19. The average Bonchev–Trinajstić information content (AvgIpc) is 2.88. The van der Waals surface area contributed by atoms with E-state index in [2.05, 4.69) is 5.92 Å². The topological polar surface area (TPSA) is 46.6 Å². The highest BCUT2D eigenvalue weighted by atomic mass is 32.2. The summed E-state index contributed by atoms with van der Waals surface area (Å²) in [6, 6.07) is 16.0. The van der Waals surface area contributed by atoms with E-state index in [4.69, 9.17) is 11.2 Å². The fraction of sp³-hybridized carbons (Fsp3) is 0.0526. The second-order valence-corrected chi connectivity index (χ2v) is 5.91. The number of imide groups is 1. The molecule has 2 aromatic rings. The van der Waals surface area contributed by atoms with Crippen LogP contribution in [-0.2, 0) is 4.79 Å². The number of carbonyl (C=O) groups excluding carboxylic acids is 2. The largest absolute Gasteiger partial charge is 0.481 e. The molecular weight excluding hydrogens is 322 g/mol. The van der Waals surface area contributed by atoms with Gasteiger partial charge in [-0.05, 0) is 47.7 Å². The molecule has 2 aromatic carbocycles. The second kappa shape index (κ2) is 7.07. The molecule has 2 amide bonds. The van der Waals surface area contributed by atoms with Crippen LogP contribution in [0.3, 0.4) is 0 Å². The molecule has 24 heavy (non-hydrogen) atoms. The molecule has 0 bridgehead atoms. The molecule has 1 saturated heterocycles. The van der Waals surface area contributed by atoms with Gasteiger partial charge in [0.1, 0.15) is 12.4 Å². The summed E-state index contributed by atoms with van der Waals surface area (Å²) in [6.45, 7) is 0.204. The second-order valence-electron chi connectivity index (χ2n) is 4.91. The molecule has 0 saturated carbocycles. The van der Waals surface area contributed by atoms with Crippen molar-refractivity contribution in [1.82, 2.24) is 0 Å². The third-order valence-corrected chi connectivity index (χ3v) is 4.18. The lowest BCUT2D eigenvalue weighted by Gasteiger charge is -2.11. The molecule has 0 radical (unpaired) electrons. The van der Waals surface area contributed by atoms with Crippen LogP contribution < -0.4 is 9.64 Å². The first-order valence-electron chi connectivity index (χ1n) is 7.18. The molecule has 0 atom stereocenters. The van der Waals surface area contributed by atoms with Gasteiger partial charge in [0.05, 0.1) is 10.6 Å². The van der Waals surface area contributed by atoms with E-state index in [1.54, 1.807) is 42.5 Å². The Morgan fingerprint density at radius 3 is 2.46 bits per heavy atom. The first-order chi connectivity index (χ1) is 11.7. The number of hydrogen-bond acceptors (Lipinski definition) is 4. The van der Waals surface area contributed by atoms with Crippen molar-refractivity contribution in [3.8, 4) is 18.1 Å². The Balaban J connectivity index is 1.80. The quantitative estimate of drug-likeness (QED) is 0.627. The average molecular weight is 335 g/mol. The van der Waals surface area contributed by atoms with E-state index >= 15 is 0 Å². The fourth-order valence-electron chi connectivity index (χ4n) is 2.20. The van der Waals surface area contributed by atoms with Gasteiger partial charge in [0.2, 0.25) is 0 Å². The monoisotopic (exact) mass is 335 g/mol. The van der Waals surface area contributed by atoms with Crippen LogP contribution in [0.15, 0.2) is 59.5 Å². The molecular formula is C19H13NO3S. The molecule has 0 unspecified atom stereocenters. The standard InChI is InChI=1S/C19H13NO3S/c1-2-12-23-16-10-8-14(9-11-16)13-17-18(21)20(19(22)24-17)15-6-4-3-5-7-15/h1,3-11,13H,12H2/b17-13-. The van der Waals surface area contributed by atoms with Gasteiger partial charge in [-0.3, -0.25) is 9.59 Å². The SMILES string of the molecule is C#CCOc1ccc(/C=C2\SC(=O)N(c3ccccc3)C2=O)cc1. The molecule has 1 aliphatic heterocycles. The Morgan fingerprint density at radius 2 is 1.79 bits per heavy atom. The van der Waals surface area contributed by atoms with Crippen LogP contribution in [0.5, 0.6) is 5.75 Å². The minimum Gasteiger partial charge on any atom is -0.481 e. The summed E-state index contributed by atoms with van der Waals surface area (Å²) in [6.07, 6.45) is 6.84. The molecule has 118 valence electrons. The first-order valence-corrected chi connectivity index (χ1v) is 8.00. The zero-order chi connectivity index (χ0) is 16.9. The van der Waals surface area contributed by atoms with Crippen LogP contribution in [0, 0.1) is 12.3 Å². The molecule has 1 aliphatic rings. The maximum absolute atomic E-state index is 12.5. The minimum atomic E-state index is -0.316. The van der Waals surface area contributed by atoms with Gasteiger partial charge in [-0.2, -0.15) is 0 Å². The predicted molar refractivity (Wildman–Crippen MR) is 95.7 cm³/mol. The van der Waals surface area contributed by atoms with Gasteiger partial charge in [0, 0.05) is 0 Å². The van der Waals surface area contributed by atoms with Crippen LogP contribution in [0.1, 0.15) is 5.56 Å². The van der Waals surface area contributed by atoms with Crippen molar-refractivity contribution in [3.63, 3.8) is 0 Å². The number of thioether (sulfide) groups is 1. The molecule has 1 heterocycles. The predicted octanol–water partition coefficient (Wildman–Crippen LogP) is 3.94. The third kappa shape index (κ3) is 3.34. The molecule has 4 nitrogen and oxygen atoms in total. The lowest BCUT2D eigenvalue weighted by Crippen LogP contribution is -2.27. The first kappa shape index (κ1) is 15.9. The van der Waals surface area contributed by atoms with Crippen LogP contribution in [-0.4, -0.2) is 17.8 Å². The highest BCUT2D eigenvalue weighted by Gasteiger charge is 2.36. The van der Waals surface area contributed by atoms with Crippen molar-refractivity contribution >= 4 is 34.7 Å². The van der Waals surface area contributed by atoms with Gasteiger partial charge in [0.15, 0.2) is 0 Å². The highest BCUT2D eigenvalue weighted by Crippen LogP contribution is 2.35. The summed E-state index contributed by atoms with van der Waals surface area (Å²) < 4.78 is 5.30. The zero-order valence-corrected chi connectivity index (χ0v) is 13.5. The van der Waals surface area contributed by atoms with Crippen molar-refractivity contribution in [3.05, 3.63) is 65.1 Å². The number of nitrogens with zero attached hydrogens (tertiary/aromatic N) is 1. The van der Waals surface area contributed by atoms with E-state index in [1.165, 1.54) is 4.90 Å². The lowest BCUT2D eigenvalue weighted by molar-refractivity contribution is -0.113. The van der Waals surface area contributed by atoms with Crippen molar-refractivity contribution < 1.29 is 14.3 Å². The number of carbonyl (C=O) groups is 2. The van der Waals surface area contributed by atoms with Crippen molar-refractivity contribution in [2.45, 2.75) is 0 Å². The Kier molecular flexibility index (Phi) is 4.69. The van der Waals surface area contributed by atoms with Gasteiger partial charge >= 0.3 is 0 Å². The smallest absolute Gasteiger partial charge is 0.298 e. The van der Waals surface area contributed by atoms with Gasteiger partial charge in [-0.25, -0.2) is 4.90 Å². The molecule has 0 spiro atoms. The fourth-order valence-corrected chi connectivity index (χ4v) is 3.05. The van der Waals surface area contributed by atoms with Gasteiger partial charge < -0.3 is 4.74 Å². The van der Waals surface area contributed by atoms with E-state index in [0.29, 0.717) is 16.3 Å². The van der Waals surface area contributed by atoms with E-state index in [1.807, 2.05) is 18.2 Å². The Hall–Kier alpha value is -2.97. The lowest BCUT2D eigenvalue weighted by atomic mass is 10.2. The van der Waals surface area contributed by atoms with Gasteiger partial charge in [-0.15, -0.1) is 6.42 Å². The summed E-state index contributed by atoms with van der Waals surface area (Å²) in [5.74, 6) is 2.73. The molecule has 0 aliphatic carbocycles. The number of para-hydroxylation sites is 1. The summed E-state index contributed by atoms with van der Waals surface area (Å²) in [7, 11) is 0. The molecule has 0 aromatic heterocycles. The summed E-state index contributed by atoms with van der Waals surface area (Å²) in [5, 5.41) is -0.300. The Morgan fingerprint density at radius 1 is 1.08 bits per heavy atom. The summed E-state index contributed by atoms with van der Waals surface area (Å²) in [5.41, 5.74) is 1.38. The maximum Gasteiger partial charge on any atom is 0.298 e. The number of anilines is 1. The molecule has 5 heteroatoms. The van der Waals surface area contributed by atoms with Gasteiger partial charge in [0.25, 0.3) is 11.1 Å². The normalized spacial score (nSPS) is 15.6. The van der Waals surface area contributed by atoms with E-state index in [-0.39, 0.29) is 17.8 Å². The zero-order valence-electron chi connectivity index (χ0n) is 12.6.